The summed E-state index contributed by atoms with van der Waals surface area (Å²) in [6.45, 7) is 2.27. The molecule has 0 aliphatic carbocycles. The molecule has 0 N–H and O–H groups in total. The molecular weight excluding hydrogens is 272 g/mol. The van der Waals surface area contributed by atoms with Gasteiger partial charge in [-0.2, -0.15) is 0 Å². The molecule has 0 atom stereocenters. The van der Waals surface area contributed by atoms with Gasteiger partial charge in [0.15, 0.2) is 0 Å². The van der Waals surface area contributed by atoms with E-state index in [1.807, 2.05) is 0 Å². The van der Waals surface area contributed by atoms with Crippen LogP contribution in [0, 0.1) is 24.7 Å². The van der Waals surface area contributed by atoms with Gasteiger partial charge in [0.1, 0.15) is 0 Å². The van der Waals surface area contributed by atoms with E-state index in [0.717, 1.165) is 16.2 Å². The van der Waals surface area contributed by atoms with Crippen LogP contribution in [0.4, 0.5) is 0 Å². The van der Waals surface area contributed by atoms with E-state index in [-0.39, 0.29) is 0 Å². The minimum absolute atomic E-state index is 0.963. The van der Waals surface area contributed by atoms with Crippen LogP contribution in [0.15, 0.2) is 6.07 Å². The van der Waals surface area contributed by atoms with Crippen molar-refractivity contribution in [2.75, 3.05) is 0 Å². The van der Waals surface area contributed by atoms with Gasteiger partial charge in [-0.25, -0.2) is 0 Å². The zero-order valence-corrected chi connectivity index (χ0v) is 14.2. The lowest BCUT2D eigenvalue weighted by Gasteiger charge is -2.02. The van der Waals surface area contributed by atoms with Crippen molar-refractivity contribution in [3.63, 3.8) is 0 Å². The third-order valence-corrected chi connectivity index (χ3v) is 4.92. The zero-order valence-electron chi connectivity index (χ0n) is 13.4. The highest BCUT2D eigenvalue weighted by Crippen LogP contribution is 2.23. The molecule has 0 bridgehead atoms. The molecule has 0 spiro atoms. The third kappa shape index (κ3) is 7.40. The molecule has 0 amide bonds. The van der Waals surface area contributed by atoms with Crippen LogP contribution in [0.5, 0.6) is 0 Å². The van der Waals surface area contributed by atoms with Crippen LogP contribution in [0.1, 0.15) is 86.4 Å². The maximum absolute atomic E-state index is 5.53. The first-order chi connectivity index (χ1) is 10.3. The molecular formula is C20H28S. The molecule has 114 valence electrons. The molecule has 1 heteroatoms. The van der Waals surface area contributed by atoms with Gasteiger partial charge in [0.2, 0.25) is 0 Å². The van der Waals surface area contributed by atoms with Crippen molar-refractivity contribution in [1.29, 1.82) is 0 Å². The van der Waals surface area contributed by atoms with Crippen molar-refractivity contribution in [2.45, 2.75) is 77.6 Å². The molecule has 0 aromatic carbocycles. The van der Waals surface area contributed by atoms with Crippen LogP contribution in [0.3, 0.4) is 0 Å². The van der Waals surface area contributed by atoms with Crippen LogP contribution < -0.4 is 0 Å². The van der Waals surface area contributed by atoms with Crippen molar-refractivity contribution in [2.24, 2.45) is 0 Å². The fraction of sp³-hybridized carbons (Fsp3) is 0.600. The number of hydrogen-bond acceptors (Lipinski definition) is 1. The molecule has 0 aliphatic rings. The molecule has 1 aromatic heterocycles. The molecule has 1 aromatic rings. The number of unbranched alkanes of at least 4 members (excludes halogenated alkanes) is 9. The molecule has 0 nitrogen and oxygen atoms in total. The number of aryl methyl sites for hydroxylation is 1. The van der Waals surface area contributed by atoms with Crippen molar-refractivity contribution in [3.05, 3.63) is 21.4 Å². The number of thiophene rings is 1. The highest BCUT2D eigenvalue weighted by Gasteiger charge is 2.05. The zero-order chi connectivity index (χ0) is 15.3. The Bertz CT molecular complexity index is 467. The fourth-order valence-electron chi connectivity index (χ4n) is 2.61. The average Bonchev–Trinajstić information content (AvgIpc) is 2.91. The van der Waals surface area contributed by atoms with Crippen LogP contribution in [-0.4, -0.2) is 0 Å². The van der Waals surface area contributed by atoms with E-state index >= 15 is 0 Å². The van der Waals surface area contributed by atoms with Gasteiger partial charge in [-0.05, 0) is 24.5 Å². The summed E-state index contributed by atoms with van der Waals surface area (Å²) in [6.07, 6.45) is 25.7. The standard InChI is InChI=1S/C20H28S/c1-4-7-8-9-10-11-12-13-14-15-16-18-17-19(5-2)21-20(18)6-3/h2-3,17H,4,7-16H2,1H3. The Morgan fingerprint density at radius 1 is 0.857 bits per heavy atom. The SMILES string of the molecule is C#Cc1cc(CCCCCCCCCCCC)c(C#C)s1. The molecule has 0 fully saturated rings. The van der Waals surface area contributed by atoms with E-state index in [2.05, 4.69) is 24.8 Å². The molecule has 0 radical (unpaired) electrons. The third-order valence-electron chi connectivity index (χ3n) is 3.88. The largest absolute Gasteiger partial charge is 0.118 e. The summed E-state index contributed by atoms with van der Waals surface area (Å²) < 4.78 is 0. The quantitative estimate of drug-likeness (QED) is 0.338. The molecule has 0 saturated carbocycles. The minimum atomic E-state index is 0.963. The highest BCUT2D eigenvalue weighted by atomic mass is 32.1. The first-order valence-electron chi connectivity index (χ1n) is 8.37. The summed E-state index contributed by atoms with van der Waals surface area (Å²) in [4.78, 5) is 1.99. The summed E-state index contributed by atoms with van der Waals surface area (Å²) in [5.41, 5.74) is 1.27. The monoisotopic (exact) mass is 300 g/mol. The number of terminal acetylenes is 2. The van der Waals surface area contributed by atoms with Crippen molar-refractivity contribution >= 4 is 11.3 Å². The molecule has 0 saturated heterocycles. The van der Waals surface area contributed by atoms with Gasteiger partial charge < -0.3 is 0 Å². The summed E-state index contributed by atoms with van der Waals surface area (Å²) in [5, 5.41) is 0. The number of hydrogen-bond donors (Lipinski definition) is 0. The molecule has 1 rings (SSSR count). The summed E-state index contributed by atoms with van der Waals surface area (Å²) in [6, 6.07) is 2.09. The Labute approximate surface area is 135 Å². The average molecular weight is 301 g/mol. The Balaban J connectivity index is 2.06. The Morgan fingerprint density at radius 2 is 1.43 bits per heavy atom. The van der Waals surface area contributed by atoms with Crippen LogP contribution in [0.25, 0.3) is 0 Å². The van der Waals surface area contributed by atoms with E-state index in [4.69, 9.17) is 12.8 Å². The smallest absolute Gasteiger partial charge is 0.0811 e. The van der Waals surface area contributed by atoms with Crippen molar-refractivity contribution < 1.29 is 0 Å². The lowest BCUT2D eigenvalue weighted by atomic mass is 10.0. The molecule has 1 heterocycles. The predicted molar refractivity (Wildman–Crippen MR) is 95.7 cm³/mol. The lowest BCUT2D eigenvalue weighted by molar-refractivity contribution is 0.556. The van der Waals surface area contributed by atoms with Gasteiger partial charge in [0, 0.05) is 0 Å². The second kappa shape index (κ2) is 11.5. The van der Waals surface area contributed by atoms with Gasteiger partial charge in [0.05, 0.1) is 9.75 Å². The molecule has 21 heavy (non-hydrogen) atoms. The van der Waals surface area contributed by atoms with Crippen LogP contribution in [0.2, 0.25) is 0 Å². The van der Waals surface area contributed by atoms with Crippen molar-refractivity contribution in [1.82, 2.24) is 0 Å². The van der Waals surface area contributed by atoms with Crippen LogP contribution >= 0.6 is 11.3 Å². The summed E-state index contributed by atoms with van der Waals surface area (Å²) >= 11 is 1.57. The Kier molecular flexibility index (Phi) is 9.77. The summed E-state index contributed by atoms with van der Waals surface area (Å²) in [5.74, 6) is 5.44. The highest BCUT2D eigenvalue weighted by molar-refractivity contribution is 7.13. The Hall–Kier alpha value is -1.18. The summed E-state index contributed by atoms with van der Waals surface area (Å²) in [7, 11) is 0. The van der Waals surface area contributed by atoms with E-state index in [1.54, 1.807) is 11.3 Å². The van der Waals surface area contributed by atoms with Gasteiger partial charge in [-0.3, -0.25) is 0 Å². The van der Waals surface area contributed by atoms with Gasteiger partial charge >= 0.3 is 0 Å². The van der Waals surface area contributed by atoms with Gasteiger partial charge in [-0.15, -0.1) is 24.2 Å². The first-order valence-corrected chi connectivity index (χ1v) is 9.19. The predicted octanol–water partition coefficient (Wildman–Crippen LogP) is 6.17. The van der Waals surface area contributed by atoms with E-state index in [1.165, 1.54) is 69.8 Å². The fourth-order valence-corrected chi connectivity index (χ4v) is 3.44. The van der Waals surface area contributed by atoms with Gasteiger partial charge in [0.25, 0.3) is 0 Å². The first kappa shape index (κ1) is 17.9. The second-order valence-corrected chi connectivity index (χ2v) is 6.74. The maximum Gasteiger partial charge on any atom is 0.0811 e. The Morgan fingerprint density at radius 3 is 1.95 bits per heavy atom. The van der Waals surface area contributed by atoms with E-state index in [0.29, 0.717) is 0 Å². The van der Waals surface area contributed by atoms with Crippen LogP contribution in [-0.2, 0) is 6.42 Å². The van der Waals surface area contributed by atoms with E-state index < -0.39 is 0 Å². The van der Waals surface area contributed by atoms with Gasteiger partial charge in [-0.1, -0.05) is 76.6 Å². The number of rotatable bonds is 11. The normalized spacial score (nSPS) is 10.2. The lowest BCUT2D eigenvalue weighted by Crippen LogP contribution is -1.87. The topological polar surface area (TPSA) is 0 Å². The molecule has 0 unspecified atom stereocenters. The van der Waals surface area contributed by atoms with E-state index in [9.17, 15) is 0 Å². The van der Waals surface area contributed by atoms with Crippen molar-refractivity contribution in [3.8, 4) is 24.7 Å². The minimum Gasteiger partial charge on any atom is -0.118 e. The molecule has 0 aliphatic heterocycles. The maximum atomic E-state index is 5.53. The second-order valence-electron chi connectivity index (χ2n) is 5.69.